The standard InChI is InChI=1S/C15H25NOS.C12H14ClNOS.C12H18FNS.2C8H18.C6H13N.C3H8/c1-3-9-16-14-8-7-13(12-15(14)18)6-5-11-17-10-4-2;1-2-14-10-6-5-9(4-3-7-13)8-11(10)16-12(14)15;1-2-8-14-11-6-5-10(4-3-7-13)9-12(11)15;2*1-3-5-7-8-6-4-2;1-2-4-6-7-5-3-1;1-3-2/h7-8,12,16,18H,3-6,9-11H2,1-2H3;5-6,8H,2-4,7H2,1H3;5-6,9,14-15H,2-4,7-8H2,1H3;2*3-8H2,1-2H3;7H,1-6H2;3H2,1-2H3. The van der Waals surface area contributed by atoms with Crippen molar-refractivity contribution in [2.24, 2.45) is 0 Å². The van der Waals surface area contributed by atoms with Gasteiger partial charge in [-0.3, -0.25) is 13.8 Å². The summed E-state index contributed by atoms with van der Waals surface area (Å²) in [7, 11) is 0. The molecule has 1 aliphatic rings. The summed E-state index contributed by atoms with van der Waals surface area (Å²) >= 11 is 15.9. The van der Waals surface area contributed by atoms with E-state index in [1.54, 1.807) is 0 Å². The van der Waals surface area contributed by atoms with Gasteiger partial charge >= 0.3 is 4.87 Å². The third kappa shape index (κ3) is 42.4. The highest BCUT2D eigenvalue weighted by atomic mass is 35.5. The Morgan fingerprint density at radius 2 is 1.03 bits per heavy atom. The zero-order valence-corrected chi connectivity index (χ0v) is 53.1. The Morgan fingerprint density at radius 1 is 0.573 bits per heavy atom. The lowest BCUT2D eigenvalue weighted by Crippen LogP contribution is -2.12. The predicted octanol–water partition coefficient (Wildman–Crippen LogP) is 20.4. The van der Waals surface area contributed by atoms with Gasteiger partial charge in [-0.2, -0.15) is 0 Å². The third-order valence-electron chi connectivity index (χ3n) is 12.0. The molecular formula is C64H114ClFN4O2S3. The first-order chi connectivity index (χ1) is 36.5. The molecule has 0 radical (unpaired) electrons. The van der Waals surface area contributed by atoms with Gasteiger partial charge in [0.2, 0.25) is 0 Å². The van der Waals surface area contributed by atoms with Crippen molar-refractivity contribution in [2.45, 2.75) is 253 Å². The van der Waals surface area contributed by atoms with E-state index in [9.17, 15) is 9.18 Å². The maximum Gasteiger partial charge on any atom is 0.308 e. The first-order valence-corrected chi connectivity index (χ1v) is 32.4. The smallest absolute Gasteiger partial charge is 0.308 e. The van der Waals surface area contributed by atoms with Crippen molar-refractivity contribution < 1.29 is 9.13 Å². The number of thiol groups is 2. The Bertz CT molecular complexity index is 1850. The number of ether oxygens (including phenoxy) is 1. The molecule has 3 aromatic carbocycles. The Labute approximate surface area is 481 Å². The van der Waals surface area contributed by atoms with Gasteiger partial charge in [-0.05, 0) is 144 Å². The van der Waals surface area contributed by atoms with Crippen molar-refractivity contribution >= 4 is 69.8 Å². The summed E-state index contributed by atoms with van der Waals surface area (Å²) in [5, 5.41) is 10.0. The van der Waals surface area contributed by atoms with Crippen molar-refractivity contribution in [3.63, 3.8) is 0 Å². The van der Waals surface area contributed by atoms with Gasteiger partial charge in [-0.25, -0.2) is 0 Å². The van der Waals surface area contributed by atoms with Crippen LogP contribution in [-0.2, 0) is 30.5 Å². The van der Waals surface area contributed by atoms with Crippen LogP contribution in [0.5, 0.6) is 0 Å². The Balaban J connectivity index is 0. The summed E-state index contributed by atoms with van der Waals surface area (Å²) in [6.07, 6.45) is 32.7. The highest BCUT2D eigenvalue weighted by Gasteiger charge is 2.07. The maximum atomic E-state index is 12.0. The average molecular weight is 1120 g/mol. The molecule has 0 amide bonds. The maximum absolute atomic E-state index is 12.0. The third-order valence-corrected chi connectivity index (χ3v) is 13.9. The number of fused-ring (bicyclic) bond motifs is 1. The summed E-state index contributed by atoms with van der Waals surface area (Å²) < 4.78 is 20.4. The monoisotopic (exact) mass is 1120 g/mol. The molecule has 3 N–H and O–H groups in total. The molecule has 0 aliphatic carbocycles. The lowest BCUT2D eigenvalue weighted by Gasteiger charge is -2.10. The van der Waals surface area contributed by atoms with Gasteiger partial charge in [-0.1, -0.05) is 188 Å². The summed E-state index contributed by atoms with van der Waals surface area (Å²) in [6.45, 7) is 28.4. The van der Waals surface area contributed by atoms with Crippen molar-refractivity contribution in [1.29, 1.82) is 0 Å². The van der Waals surface area contributed by atoms with E-state index in [0.29, 0.717) is 12.3 Å². The van der Waals surface area contributed by atoms with Crippen LogP contribution in [0.25, 0.3) is 10.2 Å². The molecule has 0 atom stereocenters. The number of nitrogens with zero attached hydrogens (tertiary/aromatic N) is 1. The van der Waals surface area contributed by atoms with E-state index in [4.69, 9.17) is 16.3 Å². The molecule has 0 unspecified atom stereocenters. The van der Waals surface area contributed by atoms with Crippen LogP contribution in [0.3, 0.4) is 0 Å². The van der Waals surface area contributed by atoms with Crippen LogP contribution < -0.4 is 20.8 Å². The van der Waals surface area contributed by atoms with Crippen LogP contribution in [-0.4, -0.2) is 56.5 Å². The molecule has 5 rings (SSSR count). The lowest BCUT2D eigenvalue weighted by molar-refractivity contribution is 0.132. The van der Waals surface area contributed by atoms with E-state index < -0.39 is 0 Å². The fourth-order valence-corrected chi connectivity index (χ4v) is 9.49. The predicted molar refractivity (Wildman–Crippen MR) is 345 cm³/mol. The second-order valence-electron chi connectivity index (χ2n) is 19.5. The number of hydrogen-bond donors (Lipinski definition) is 5. The zero-order valence-electron chi connectivity index (χ0n) is 49.8. The quantitative estimate of drug-likeness (QED) is 0.0213. The van der Waals surface area contributed by atoms with Gasteiger partial charge in [0.1, 0.15) is 0 Å². The van der Waals surface area contributed by atoms with Crippen LogP contribution in [0.1, 0.15) is 234 Å². The Morgan fingerprint density at radius 3 is 1.44 bits per heavy atom. The number of aromatic nitrogens is 1. The molecule has 0 saturated carbocycles. The molecule has 1 fully saturated rings. The van der Waals surface area contributed by atoms with Crippen LogP contribution in [0, 0.1) is 0 Å². The SMILES string of the molecule is C1CCCNCC1.CCC.CCCCCCCC.CCCCCCCC.CCCNc1ccc(CCCF)cc1S.CCCNc1ccc(CCCOCCC)cc1S.CCn1c(=O)sc2cc(CCCCl)ccc21. The van der Waals surface area contributed by atoms with Crippen LogP contribution in [0.15, 0.2) is 69.2 Å². The van der Waals surface area contributed by atoms with Crippen molar-refractivity contribution in [3.8, 4) is 0 Å². The largest absolute Gasteiger partial charge is 0.384 e. The number of aryl methyl sites for hydroxylation is 4. The van der Waals surface area contributed by atoms with E-state index in [-0.39, 0.29) is 11.5 Å². The van der Waals surface area contributed by atoms with Crippen LogP contribution in [0.2, 0.25) is 0 Å². The number of unbranched alkanes of at least 4 members (excludes halogenated alkanes) is 10. The Hall–Kier alpha value is -2.21. The van der Waals surface area contributed by atoms with E-state index in [0.717, 1.165) is 121 Å². The number of anilines is 2. The number of hydrogen-bond acceptors (Lipinski definition) is 8. The normalized spacial score (nSPS) is 11.5. The molecule has 75 heavy (non-hydrogen) atoms. The topological polar surface area (TPSA) is 67.3 Å². The number of alkyl halides is 2. The van der Waals surface area contributed by atoms with Crippen molar-refractivity contribution in [3.05, 3.63) is 81.0 Å². The average Bonchev–Trinajstić information content (AvgIpc) is 3.53. The molecule has 0 spiro atoms. The molecule has 0 bridgehead atoms. The van der Waals surface area contributed by atoms with Gasteiger partial charge < -0.3 is 20.7 Å². The van der Waals surface area contributed by atoms with Crippen LogP contribution in [0.4, 0.5) is 15.8 Å². The zero-order chi connectivity index (χ0) is 56.0. The summed E-state index contributed by atoms with van der Waals surface area (Å²) in [6, 6.07) is 18.8. The number of thiazole rings is 1. The number of nitrogens with one attached hydrogen (secondary N) is 3. The lowest BCUT2D eigenvalue weighted by atomic mass is 10.1. The molecule has 4 aromatic rings. The fraction of sp³-hybridized carbons (Fsp3) is 0.703. The Kier molecular flexibility index (Phi) is 56.4. The highest BCUT2D eigenvalue weighted by Crippen LogP contribution is 2.24. The number of rotatable bonds is 29. The first-order valence-electron chi connectivity index (χ1n) is 30.2. The molecular weight excluding hydrogens is 1010 g/mol. The van der Waals surface area contributed by atoms with Crippen molar-refractivity contribution in [2.75, 3.05) is 62.6 Å². The molecule has 434 valence electrons. The molecule has 1 aliphatic heterocycles. The minimum atomic E-state index is -0.252. The van der Waals surface area contributed by atoms with Gasteiger partial charge in [0.25, 0.3) is 0 Å². The first kappa shape index (κ1) is 74.9. The van der Waals surface area contributed by atoms with E-state index >= 15 is 0 Å². The highest BCUT2D eigenvalue weighted by molar-refractivity contribution is 7.80. The van der Waals surface area contributed by atoms with Gasteiger partial charge in [0, 0.05) is 59.9 Å². The summed E-state index contributed by atoms with van der Waals surface area (Å²) in [4.78, 5) is 13.8. The van der Waals surface area contributed by atoms with Crippen molar-refractivity contribution in [1.82, 2.24) is 9.88 Å². The minimum Gasteiger partial charge on any atom is -0.384 e. The van der Waals surface area contributed by atoms with Gasteiger partial charge in [0.05, 0.1) is 16.9 Å². The molecule has 1 saturated heterocycles. The van der Waals surface area contributed by atoms with Gasteiger partial charge in [-0.15, -0.1) is 36.9 Å². The molecule has 6 nitrogen and oxygen atoms in total. The minimum absolute atomic E-state index is 0.131. The number of halogens is 2. The van der Waals surface area contributed by atoms with E-state index in [2.05, 4.69) is 134 Å². The molecule has 11 heteroatoms. The van der Waals surface area contributed by atoms with E-state index in [1.165, 1.54) is 145 Å². The second-order valence-corrected chi connectivity index (χ2v) is 21.8. The molecule has 1 aromatic heterocycles. The van der Waals surface area contributed by atoms with Gasteiger partial charge in [0.15, 0.2) is 0 Å². The van der Waals surface area contributed by atoms with E-state index in [1.807, 2.05) is 35.8 Å². The summed E-state index contributed by atoms with van der Waals surface area (Å²) in [5.74, 6) is 0.685. The van der Waals surface area contributed by atoms with Crippen LogP contribution >= 0.6 is 48.2 Å². The second kappa shape index (κ2) is 56.5. The fourth-order valence-electron chi connectivity index (χ4n) is 7.70. The summed E-state index contributed by atoms with van der Waals surface area (Å²) in [5.41, 5.74) is 6.99. The number of benzene rings is 3. The molecule has 2 heterocycles.